The molecule has 5 heteroatoms. The molecular formula is C20H21N3OS. The van der Waals surface area contributed by atoms with Crippen molar-refractivity contribution < 1.29 is 4.79 Å². The molecule has 1 unspecified atom stereocenters. The molecule has 1 aliphatic carbocycles. The van der Waals surface area contributed by atoms with Crippen molar-refractivity contribution in [2.75, 3.05) is 5.75 Å². The van der Waals surface area contributed by atoms with Crippen molar-refractivity contribution >= 4 is 17.7 Å². The number of nitriles is 1. The van der Waals surface area contributed by atoms with Crippen LogP contribution in [0.4, 0.5) is 0 Å². The summed E-state index contributed by atoms with van der Waals surface area (Å²) >= 11 is 1.34. The molecule has 0 saturated carbocycles. The van der Waals surface area contributed by atoms with E-state index in [1.54, 1.807) is 0 Å². The van der Waals surface area contributed by atoms with Gasteiger partial charge in [0, 0.05) is 5.69 Å². The molecular weight excluding hydrogens is 330 g/mol. The molecule has 0 aliphatic heterocycles. The largest absolute Gasteiger partial charge is 0.349 e. The highest BCUT2D eigenvalue weighted by atomic mass is 32.2. The van der Waals surface area contributed by atoms with E-state index in [1.807, 2.05) is 43.3 Å². The third-order valence-electron chi connectivity index (χ3n) is 4.40. The van der Waals surface area contributed by atoms with Crippen molar-refractivity contribution in [2.45, 2.75) is 43.7 Å². The third-order valence-corrected chi connectivity index (χ3v) is 5.39. The van der Waals surface area contributed by atoms with E-state index in [0.717, 1.165) is 36.9 Å². The minimum Gasteiger partial charge on any atom is -0.349 e. The van der Waals surface area contributed by atoms with Crippen molar-refractivity contribution in [1.29, 1.82) is 5.26 Å². The Hall–Kier alpha value is -2.32. The molecule has 1 heterocycles. The number of hydrogen-bond acceptors (Lipinski definition) is 4. The first kappa shape index (κ1) is 17.5. The van der Waals surface area contributed by atoms with Crippen LogP contribution in [0.3, 0.4) is 0 Å². The van der Waals surface area contributed by atoms with E-state index in [2.05, 4.69) is 16.4 Å². The van der Waals surface area contributed by atoms with Crippen molar-refractivity contribution in [3.63, 3.8) is 0 Å². The van der Waals surface area contributed by atoms with Crippen molar-refractivity contribution in [3.8, 4) is 6.07 Å². The monoisotopic (exact) mass is 351 g/mol. The number of thioether (sulfide) groups is 1. The molecule has 25 heavy (non-hydrogen) atoms. The highest BCUT2D eigenvalue weighted by Gasteiger charge is 2.17. The van der Waals surface area contributed by atoms with Gasteiger partial charge in [-0.25, -0.2) is 4.98 Å². The summed E-state index contributed by atoms with van der Waals surface area (Å²) in [5.74, 6) is 0.210. The smallest absolute Gasteiger partial charge is 0.230 e. The molecule has 1 aromatic heterocycles. The standard InChI is InChI=1S/C20H21N3OS/c1-14(15-7-3-2-4-8-15)22-19(24)13-25-20-17(12-21)11-16-9-5-6-10-18(16)23-20/h2-4,7-8,11,14H,5-6,9-10,13H2,1H3,(H,22,24). The maximum Gasteiger partial charge on any atom is 0.230 e. The Morgan fingerprint density at radius 1 is 1.32 bits per heavy atom. The Bertz CT molecular complexity index is 799. The quantitative estimate of drug-likeness (QED) is 0.832. The average molecular weight is 351 g/mol. The van der Waals surface area contributed by atoms with Gasteiger partial charge in [-0.1, -0.05) is 42.1 Å². The van der Waals surface area contributed by atoms with Gasteiger partial charge in [0.05, 0.1) is 17.4 Å². The van der Waals surface area contributed by atoms with Gasteiger partial charge in [0.2, 0.25) is 5.91 Å². The average Bonchev–Trinajstić information content (AvgIpc) is 2.66. The molecule has 0 spiro atoms. The second-order valence-corrected chi connectivity index (χ2v) is 7.22. The van der Waals surface area contributed by atoms with Gasteiger partial charge < -0.3 is 5.32 Å². The zero-order valence-corrected chi connectivity index (χ0v) is 15.1. The van der Waals surface area contributed by atoms with Crippen LogP contribution >= 0.6 is 11.8 Å². The lowest BCUT2D eigenvalue weighted by molar-refractivity contribution is -0.119. The normalized spacial score (nSPS) is 14.2. The van der Waals surface area contributed by atoms with Crippen LogP contribution in [0.1, 0.15) is 48.2 Å². The number of aryl methyl sites for hydroxylation is 2. The van der Waals surface area contributed by atoms with Gasteiger partial charge >= 0.3 is 0 Å². The number of nitrogens with zero attached hydrogens (tertiary/aromatic N) is 2. The van der Waals surface area contributed by atoms with Crippen molar-refractivity contribution in [1.82, 2.24) is 10.3 Å². The van der Waals surface area contributed by atoms with E-state index in [4.69, 9.17) is 0 Å². The highest BCUT2D eigenvalue weighted by molar-refractivity contribution is 8.00. The summed E-state index contributed by atoms with van der Waals surface area (Å²) in [4.78, 5) is 16.9. The maximum atomic E-state index is 12.2. The predicted octanol–water partition coefficient (Wildman–Crippen LogP) is 3.80. The number of benzene rings is 1. The van der Waals surface area contributed by atoms with Crippen LogP contribution in [-0.4, -0.2) is 16.6 Å². The Labute approximate surface area is 152 Å². The van der Waals surface area contributed by atoms with Crippen LogP contribution in [0.15, 0.2) is 41.4 Å². The SMILES string of the molecule is CC(NC(=O)CSc1nc2c(cc1C#N)CCCC2)c1ccccc1. The summed E-state index contributed by atoms with van der Waals surface area (Å²) in [6, 6.07) is 14.0. The number of fused-ring (bicyclic) bond motifs is 1. The van der Waals surface area contributed by atoms with Crippen LogP contribution in [0.25, 0.3) is 0 Å². The molecule has 1 amide bonds. The van der Waals surface area contributed by atoms with Gasteiger partial charge in [0.15, 0.2) is 0 Å². The number of carbonyl (C=O) groups excluding carboxylic acids is 1. The molecule has 1 atom stereocenters. The number of amides is 1. The van der Waals surface area contributed by atoms with Gasteiger partial charge in [-0.15, -0.1) is 0 Å². The third kappa shape index (κ3) is 4.40. The zero-order chi connectivity index (χ0) is 17.6. The minimum absolute atomic E-state index is 0.0405. The van der Waals surface area contributed by atoms with Crippen LogP contribution in [0, 0.1) is 11.3 Å². The Morgan fingerprint density at radius 2 is 2.08 bits per heavy atom. The number of aromatic nitrogens is 1. The molecule has 2 aromatic rings. The lowest BCUT2D eigenvalue weighted by Gasteiger charge is -2.17. The predicted molar refractivity (Wildman–Crippen MR) is 99.3 cm³/mol. The zero-order valence-electron chi connectivity index (χ0n) is 14.3. The fraction of sp³-hybridized carbons (Fsp3) is 0.350. The molecule has 0 fully saturated rings. The summed E-state index contributed by atoms with van der Waals surface area (Å²) in [5.41, 5.74) is 3.93. The minimum atomic E-state index is -0.0511. The summed E-state index contributed by atoms with van der Waals surface area (Å²) in [6.45, 7) is 1.97. The summed E-state index contributed by atoms with van der Waals surface area (Å²) in [7, 11) is 0. The van der Waals surface area contributed by atoms with Gasteiger partial charge in [0.25, 0.3) is 0 Å². The number of hydrogen-bond donors (Lipinski definition) is 1. The number of nitrogens with one attached hydrogen (secondary N) is 1. The fourth-order valence-electron chi connectivity index (χ4n) is 3.05. The van der Waals surface area contributed by atoms with E-state index in [0.29, 0.717) is 10.6 Å². The van der Waals surface area contributed by atoms with E-state index in [-0.39, 0.29) is 17.7 Å². The first-order chi connectivity index (χ1) is 12.2. The molecule has 0 radical (unpaired) electrons. The topological polar surface area (TPSA) is 65.8 Å². The van der Waals surface area contributed by atoms with Crippen molar-refractivity contribution in [3.05, 3.63) is 58.8 Å². The Kier molecular flexibility index (Phi) is 5.72. The number of pyridine rings is 1. The van der Waals surface area contributed by atoms with E-state index >= 15 is 0 Å². The lowest BCUT2D eigenvalue weighted by atomic mass is 9.95. The summed E-state index contributed by atoms with van der Waals surface area (Å²) in [6.07, 6.45) is 4.26. The first-order valence-electron chi connectivity index (χ1n) is 8.57. The van der Waals surface area contributed by atoms with Crippen LogP contribution < -0.4 is 5.32 Å². The molecule has 1 aliphatic rings. The molecule has 0 saturated heterocycles. The Balaban J connectivity index is 1.63. The lowest BCUT2D eigenvalue weighted by Crippen LogP contribution is -2.28. The number of rotatable bonds is 5. The van der Waals surface area contributed by atoms with Gasteiger partial charge in [-0.05, 0) is 49.8 Å². The molecule has 1 aromatic carbocycles. The number of carbonyl (C=O) groups is 1. The summed E-state index contributed by atoms with van der Waals surface area (Å²) < 4.78 is 0. The van der Waals surface area contributed by atoms with Gasteiger partial charge in [0.1, 0.15) is 11.1 Å². The molecule has 4 nitrogen and oxygen atoms in total. The highest BCUT2D eigenvalue weighted by Crippen LogP contribution is 2.27. The fourth-order valence-corrected chi connectivity index (χ4v) is 3.83. The molecule has 3 rings (SSSR count). The van der Waals surface area contributed by atoms with E-state index in [9.17, 15) is 10.1 Å². The molecule has 128 valence electrons. The van der Waals surface area contributed by atoms with Gasteiger partial charge in [-0.2, -0.15) is 5.26 Å². The van der Waals surface area contributed by atoms with Crippen LogP contribution in [0.5, 0.6) is 0 Å². The molecule has 0 bridgehead atoms. The second kappa shape index (κ2) is 8.17. The maximum absolute atomic E-state index is 12.2. The molecule has 1 N–H and O–H groups in total. The van der Waals surface area contributed by atoms with Gasteiger partial charge in [-0.3, -0.25) is 4.79 Å². The first-order valence-corrected chi connectivity index (χ1v) is 9.56. The Morgan fingerprint density at radius 3 is 2.84 bits per heavy atom. The van der Waals surface area contributed by atoms with E-state index in [1.165, 1.54) is 17.3 Å². The van der Waals surface area contributed by atoms with Crippen molar-refractivity contribution in [2.24, 2.45) is 0 Å². The summed E-state index contributed by atoms with van der Waals surface area (Å²) in [5, 5.41) is 13.0. The van der Waals surface area contributed by atoms with Crippen LogP contribution in [-0.2, 0) is 17.6 Å². The second-order valence-electron chi connectivity index (χ2n) is 6.25. The van der Waals surface area contributed by atoms with E-state index < -0.39 is 0 Å². The van der Waals surface area contributed by atoms with Crippen LogP contribution in [0.2, 0.25) is 0 Å².